The molecule has 0 bridgehead atoms. The van der Waals surface area contributed by atoms with Crippen LogP contribution in [0.5, 0.6) is 0 Å². The van der Waals surface area contributed by atoms with Crippen molar-refractivity contribution in [3.63, 3.8) is 0 Å². The zero-order valence-electron chi connectivity index (χ0n) is 26.1. The molecule has 0 radical (unpaired) electrons. The number of rotatable bonds is 14. The van der Waals surface area contributed by atoms with E-state index in [9.17, 15) is 19.2 Å². The van der Waals surface area contributed by atoms with E-state index < -0.39 is 12.1 Å². The number of aliphatic imine (C=N–C) groups is 1. The van der Waals surface area contributed by atoms with Crippen molar-refractivity contribution in [2.75, 3.05) is 18.8 Å². The van der Waals surface area contributed by atoms with Crippen LogP contribution in [0.1, 0.15) is 67.7 Å². The summed E-state index contributed by atoms with van der Waals surface area (Å²) in [6.07, 6.45) is 13.9. The topological polar surface area (TPSA) is 145 Å². The average Bonchev–Trinajstić information content (AvgIpc) is 3.79. The van der Waals surface area contributed by atoms with Crippen molar-refractivity contribution < 1.29 is 19.2 Å². The Morgan fingerprint density at radius 1 is 1.18 bits per heavy atom. The van der Waals surface area contributed by atoms with Crippen LogP contribution in [-0.4, -0.2) is 69.9 Å². The van der Waals surface area contributed by atoms with Gasteiger partial charge in [0.2, 0.25) is 24.0 Å². The Kier molecular flexibility index (Phi) is 18.7. The molecule has 3 heterocycles. The highest BCUT2D eigenvalue weighted by Crippen LogP contribution is 2.20. The first-order valence-electron chi connectivity index (χ1n) is 14.2. The number of aromatic nitrogens is 2. The summed E-state index contributed by atoms with van der Waals surface area (Å²) in [6, 6.07) is -1.16. The second-order valence-corrected chi connectivity index (χ2v) is 11.4. The highest BCUT2D eigenvalue weighted by molar-refractivity contribution is 8.14. The van der Waals surface area contributed by atoms with Crippen LogP contribution in [0.2, 0.25) is 0 Å². The van der Waals surface area contributed by atoms with Crippen molar-refractivity contribution in [1.29, 1.82) is 0 Å². The molecule has 3 amide bonds. The van der Waals surface area contributed by atoms with Gasteiger partial charge in [-0.15, -0.1) is 23.1 Å². The number of carbonyl (C=O) groups excluding carboxylic acids is 4. The van der Waals surface area contributed by atoms with Gasteiger partial charge < -0.3 is 20.9 Å². The van der Waals surface area contributed by atoms with E-state index in [0.717, 1.165) is 28.9 Å². The number of hydrogen-bond donors (Lipinski definition) is 4. The molecule has 3 rings (SSSR count). The van der Waals surface area contributed by atoms with Crippen LogP contribution >= 0.6 is 23.1 Å². The molecule has 0 aromatic carbocycles. The summed E-state index contributed by atoms with van der Waals surface area (Å²) in [5.74, 6) is 0.656. The first-order valence-corrected chi connectivity index (χ1v) is 16.1. The van der Waals surface area contributed by atoms with Crippen LogP contribution in [0.3, 0.4) is 0 Å². The van der Waals surface area contributed by atoms with Gasteiger partial charge in [0.15, 0.2) is 5.01 Å². The molecular formula is C32H44N6O4S2. The van der Waals surface area contributed by atoms with Gasteiger partial charge in [0.1, 0.15) is 6.04 Å². The zero-order valence-corrected chi connectivity index (χ0v) is 27.8. The van der Waals surface area contributed by atoms with Crippen molar-refractivity contribution >= 4 is 64.3 Å². The molecule has 0 aliphatic carbocycles. The number of nitrogens with zero attached hydrogens (tertiary/aromatic N) is 2. The number of Topliss-reactive ketones (excluding diaryl/α,β-unsaturated/α-hetero) is 1. The minimum atomic E-state index is -0.652. The molecule has 10 nitrogen and oxygen atoms in total. The molecule has 2 aromatic heterocycles. The number of allylic oxidation sites excluding steroid dienone is 3. The highest BCUT2D eigenvalue weighted by atomic mass is 32.2. The largest absolute Gasteiger partial charge is 0.361 e. The predicted molar refractivity (Wildman–Crippen MR) is 184 cm³/mol. The fraction of sp³-hybridized carbons (Fsp3) is 0.375. The van der Waals surface area contributed by atoms with E-state index in [0.29, 0.717) is 30.8 Å². The van der Waals surface area contributed by atoms with Gasteiger partial charge >= 0.3 is 0 Å². The fourth-order valence-electron chi connectivity index (χ4n) is 4.02. The van der Waals surface area contributed by atoms with Crippen LogP contribution < -0.4 is 16.0 Å². The van der Waals surface area contributed by atoms with E-state index in [4.69, 9.17) is 0 Å². The highest BCUT2D eigenvalue weighted by Gasteiger charge is 2.23. The summed E-state index contributed by atoms with van der Waals surface area (Å²) in [5, 5.41) is 11.3. The van der Waals surface area contributed by atoms with E-state index in [-0.39, 0.29) is 17.6 Å². The maximum absolute atomic E-state index is 12.3. The summed E-state index contributed by atoms with van der Waals surface area (Å²) in [7, 11) is 0. The standard InChI is InChI=1S/C15H15N3O2S.C13H22N2O2.C4H7NS/c1-3-11-10(8-17-12(11)4-2)7-13(18-9-19)14(20)15-16-5-6-21-15;1-5-8-11(6-2)9-12(15-10(4)16)13(17)14-7-3;1-4-5-2-3-6-4/h3-6,8-9,13,17H,1-2,7H2,(H,18,19);5-6,8,12H,7,9H2,1-4H3,(H,14,17)(H,15,16);2-3H2,1H3/b;8-5-,11-6+;. The van der Waals surface area contributed by atoms with Gasteiger partial charge in [-0.25, -0.2) is 4.98 Å². The number of ketones is 1. The van der Waals surface area contributed by atoms with Crippen LogP contribution in [0.25, 0.3) is 12.2 Å². The predicted octanol–water partition coefficient (Wildman–Crippen LogP) is 4.99. The first kappa shape index (κ1) is 38.0. The molecule has 0 spiro atoms. The molecule has 1 aliphatic heterocycles. The minimum Gasteiger partial charge on any atom is -0.361 e. The molecule has 238 valence electrons. The van der Waals surface area contributed by atoms with Gasteiger partial charge in [0.05, 0.1) is 11.1 Å². The number of nitrogens with one attached hydrogen (secondary N) is 4. The van der Waals surface area contributed by atoms with Crippen molar-refractivity contribution in [2.24, 2.45) is 4.99 Å². The average molecular weight is 641 g/mol. The van der Waals surface area contributed by atoms with Crippen LogP contribution in [-0.2, 0) is 20.8 Å². The fourth-order valence-corrected chi connectivity index (χ4v) is 5.31. The molecule has 0 saturated carbocycles. The number of aromatic amines is 1. The van der Waals surface area contributed by atoms with E-state index in [1.165, 1.54) is 29.1 Å². The van der Waals surface area contributed by atoms with E-state index in [2.05, 4.69) is 51.0 Å². The molecule has 0 fully saturated rings. The molecule has 44 heavy (non-hydrogen) atoms. The van der Waals surface area contributed by atoms with Gasteiger partial charge in [-0.1, -0.05) is 43.0 Å². The number of H-pyrrole nitrogens is 1. The Morgan fingerprint density at radius 2 is 1.93 bits per heavy atom. The number of carbonyl (C=O) groups is 4. The smallest absolute Gasteiger partial charge is 0.242 e. The lowest BCUT2D eigenvalue weighted by molar-refractivity contribution is -0.127. The van der Waals surface area contributed by atoms with Crippen molar-refractivity contribution in [3.05, 3.63) is 76.6 Å². The molecule has 2 atom stereocenters. The molecule has 4 N–H and O–H groups in total. The summed E-state index contributed by atoms with van der Waals surface area (Å²) >= 11 is 3.10. The molecular weight excluding hydrogens is 597 g/mol. The van der Waals surface area contributed by atoms with Gasteiger partial charge in [0, 0.05) is 67.6 Å². The van der Waals surface area contributed by atoms with Crippen molar-refractivity contribution in [2.45, 2.75) is 59.5 Å². The van der Waals surface area contributed by atoms with Gasteiger partial charge in [-0.05, 0) is 39.3 Å². The normalized spacial score (nSPS) is 13.7. The summed E-state index contributed by atoms with van der Waals surface area (Å²) in [6.45, 7) is 18.2. The number of amides is 3. The molecule has 0 saturated heterocycles. The molecule has 2 aromatic rings. The van der Waals surface area contributed by atoms with E-state index >= 15 is 0 Å². The van der Waals surface area contributed by atoms with Gasteiger partial charge in [-0.2, -0.15) is 0 Å². The molecule has 12 heteroatoms. The summed E-state index contributed by atoms with van der Waals surface area (Å²) in [5.41, 5.74) is 3.64. The van der Waals surface area contributed by atoms with Crippen LogP contribution in [0, 0.1) is 0 Å². The Bertz CT molecular complexity index is 1330. The summed E-state index contributed by atoms with van der Waals surface area (Å²) in [4.78, 5) is 57.1. The first-order chi connectivity index (χ1) is 21.1. The lowest BCUT2D eigenvalue weighted by Gasteiger charge is -2.17. The Hall–Kier alpha value is -4.03. The SMILES string of the molecule is C/C=C\C(=C/C)CC(NC(C)=O)C(=O)NCC.C=Cc1[nH]cc(CC(NC=O)C(=O)c2nccs2)c1C=C.CC1=NCCS1. The monoisotopic (exact) mass is 640 g/mol. The Morgan fingerprint density at radius 3 is 2.39 bits per heavy atom. The van der Waals surface area contributed by atoms with E-state index in [1.807, 2.05) is 50.8 Å². The molecule has 2 unspecified atom stereocenters. The second-order valence-electron chi connectivity index (χ2n) is 9.26. The van der Waals surface area contributed by atoms with Gasteiger partial charge in [-0.3, -0.25) is 24.2 Å². The maximum atomic E-state index is 12.3. The minimum absolute atomic E-state index is 0.147. The Balaban J connectivity index is 0.000000376. The van der Waals surface area contributed by atoms with Crippen molar-refractivity contribution in [1.82, 2.24) is 25.9 Å². The van der Waals surface area contributed by atoms with Crippen LogP contribution in [0.15, 0.2) is 59.7 Å². The van der Waals surface area contributed by atoms with Crippen LogP contribution in [0.4, 0.5) is 0 Å². The van der Waals surface area contributed by atoms with E-state index in [1.54, 1.807) is 29.9 Å². The van der Waals surface area contributed by atoms with Gasteiger partial charge in [0.25, 0.3) is 0 Å². The Labute approximate surface area is 268 Å². The maximum Gasteiger partial charge on any atom is 0.242 e. The lowest BCUT2D eigenvalue weighted by Crippen LogP contribution is -2.46. The quantitative estimate of drug-likeness (QED) is 0.130. The zero-order chi connectivity index (χ0) is 32.9. The summed E-state index contributed by atoms with van der Waals surface area (Å²) < 4.78 is 0. The number of likely N-dealkylation sites (N-methyl/N-ethyl adjacent to an activating group) is 1. The third-order valence-corrected chi connectivity index (χ3v) is 7.79. The number of thioether (sulfide) groups is 1. The molecule has 1 aliphatic rings. The third-order valence-electron chi connectivity index (χ3n) is 6.07. The lowest BCUT2D eigenvalue weighted by atomic mass is 10.0. The number of hydrogen-bond acceptors (Lipinski definition) is 8. The third kappa shape index (κ3) is 13.5. The second kappa shape index (κ2) is 21.6. The number of thiazole rings is 1. The van der Waals surface area contributed by atoms with Crippen molar-refractivity contribution in [3.8, 4) is 0 Å².